The van der Waals surface area contributed by atoms with Crippen LogP contribution in [0.1, 0.15) is 20.3 Å². The lowest BCUT2D eigenvalue weighted by molar-refractivity contribution is 0.468. The van der Waals surface area contributed by atoms with E-state index < -0.39 is 15.8 Å². The molecule has 1 aromatic rings. The zero-order valence-electron chi connectivity index (χ0n) is 9.75. The van der Waals surface area contributed by atoms with Crippen LogP contribution in [0.5, 0.6) is 0 Å². The minimum Gasteiger partial charge on any atom is -0.269 e. The van der Waals surface area contributed by atoms with E-state index in [1.165, 1.54) is 0 Å². The van der Waals surface area contributed by atoms with Gasteiger partial charge >= 0.3 is 10.3 Å². The van der Waals surface area contributed by atoms with E-state index in [-0.39, 0.29) is 5.92 Å². The number of para-hydroxylation sites is 1. The number of benzene rings is 1. The third-order valence-corrected chi connectivity index (χ3v) is 3.63. The maximum Gasteiger partial charge on any atom is 0.361 e. The molecule has 0 aliphatic carbocycles. The van der Waals surface area contributed by atoms with Gasteiger partial charge in [-0.25, -0.2) is 4.31 Å². The summed E-state index contributed by atoms with van der Waals surface area (Å²) < 4.78 is 32.8. The standard InChI is InChI=1S/C11H16ClNO3S/c1-9(2)8-11(12)13(17(14,15)16)10-6-4-3-5-7-10/h3-7,9,11H,8H2,1-2H3,(H,14,15,16). The van der Waals surface area contributed by atoms with Crippen LogP contribution in [0.4, 0.5) is 5.69 Å². The minimum absolute atomic E-state index is 0.227. The van der Waals surface area contributed by atoms with Crippen LogP contribution >= 0.6 is 11.6 Å². The molecule has 96 valence electrons. The highest BCUT2D eigenvalue weighted by Crippen LogP contribution is 2.25. The van der Waals surface area contributed by atoms with Gasteiger partial charge in [0.1, 0.15) is 5.50 Å². The lowest BCUT2D eigenvalue weighted by Gasteiger charge is -2.26. The Hall–Kier alpha value is -0.780. The van der Waals surface area contributed by atoms with E-state index in [9.17, 15) is 13.0 Å². The summed E-state index contributed by atoms with van der Waals surface area (Å²) in [6.45, 7) is 3.87. The Morgan fingerprint density at radius 3 is 2.24 bits per heavy atom. The normalized spacial score (nSPS) is 13.7. The fourth-order valence-corrected chi connectivity index (χ4v) is 3.03. The third kappa shape index (κ3) is 4.18. The first-order chi connectivity index (χ1) is 7.82. The van der Waals surface area contributed by atoms with Crippen LogP contribution in [0.15, 0.2) is 30.3 Å². The third-order valence-electron chi connectivity index (χ3n) is 2.18. The van der Waals surface area contributed by atoms with Gasteiger partial charge in [0.25, 0.3) is 0 Å². The first-order valence-corrected chi connectivity index (χ1v) is 7.11. The van der Waals surface area contributed by atoms with Gasteiger partial charge in [-0.05, 0) is 24.5 Å². The fourth-order valence-electron chi connectivity index (χ4n) is 1.50. The van der Waals surface area contributed by atoms with Gasteiger partial charge in [0, 0.05) is 0 Å². The molecule has 0 heterocycles. The Balaban J connectivity index is 3.06. The summed E-state index contributed by atoms with van der Waals surface area (Å²) in [5, 5.41) is 0. The summed E-state index contributed by atoms with van der Waals surface area (Å²) >= 11 is 6.05. The maximum absolute atomic E-state index is 11.4. The van der Waals surface area contributed by atoms with Crippen LogP contribution < -0.4 is 4.31 Å². The summed E-state index contributed by atoms with van der Waals surface area (Å²) in [5.41, 5.74) is -0.442. The Morgan fingerprint density at radius 1 is 1.29 bits per heavy atom. The summed E-state index contributed by atoms with van der Waals surface area (Å²) in [4.78, 5) is 0. The molecule has 0 bridgehead atoms. The predicted molar refractivity (Wildman–Crippen MR) is 69.6 cm³/mol. The molecule has 1 rings (SSSR count). The first-order valence-electron chi connectivity index (χ1n) is 5.28. The zero-order chi connectivity index (χ0) is 13.1. The van der Waals surface area contributed by atoms with Crippen molar-refractivity contribution in [3.05, 3.63) is 30.3 Å². The molecule has 0 aliphatic rings. The van der Waals surface area contributed by atoms with E-state index in [0.717, 1.165) is 4.31 Å². The highest BCUT2D eigenvalue weighted by atomic mass is 35.5. The zero-order valence-corrected chi connectivity index (χ0v) is 11.3. The molecule has 1 N–H and O–H groups in total. The van der Waals surface area contributed by atoms with E-state index in [1.54, 1.807) is 30.3 Å². The van der Waals surface area contributed by atoms with Gasteiger partial charge in [0.05, 0.1) is 5.69 Å². The summed E-state index contributed by atoms with van der Waals surface area (Å²) in [7, 11) is -4.36. The van der Waals surface area contributed by atoms with Crippen LogP contribution in [0.25, 0.3) is 0 Å². The number of hydrogen-bond acceptors (Lipinski definition) is 2. The van der Waals surface area contributed by atoms with Crippen LogP contribution in [0.2, 0.25) is 0 Å². The van der Waals surface area contributed by atoms with Crippen molar-refractivity contribution in [2.45, 2.75) is 25.8 Å². The fraction of sp³-hybridized carbons (Fsp3) is 0.455. The minimum atomic E-state index is -4.36. The Morgan fingerprint density at radius 2 is 1.82 bits per heavy atom. The van der Waals surface area contributed by atoms with E-state index in [2.05, 4.69) is 0 Å². The molecule has 0 aromatic heterocycles. The van der Waals surface area contributed by atoms with E-state index in [4.69, 9.17) is 11.6 Å². The van der Waals surface area contributed by atoms with Crippen molar-refractivity contribution in [3.63, 3.8) is 0 Å². The summed E-state index contributed by atoms with van der Waals surface area (Å²) in [5.74, 6) is 0.227. The van der Waals surface area contributed by atoms with Gasteiger partial charge in [-0.15, -0.1) is 0 Å². The van der Waals surface area contributed by atoms with E-state index in [1.807, 2.05) is 13.8 Å². The quantitative estimate of drug-likeness (QED) is 0.511. The molecular formula is C11H16ClNO3S. The smallest absolute Gasteiger partial charge is 0.269 e. The molecule has 4 nitrogen and oxygen atoms in total. The van der Waals surface area contributed by atoms with Gasteiger partial charge in [-0.3, -0.25) is 4.55 Å². The molecule has 0 saturated carbocycles. The molecule has 0 saturated heterocycles. The molecule has 0 spiro atoms. The highest BCUT2D eigenvalue weighted by Gasteiger charge is 2.27. The van der Waals surface area contributed by atoms with Crippen LogP contribution in [0.3, 0.4) is 0 Å². The average Bonchev–Trinajstić information content (AvgIpc) is 2.15. The van der Waals surface area contributed by atoms with Crippen molar-refractivity contribution < 1.29 is 13.0 Å². The second-order valence-electron chi connectivity index (χ2n) is 4.17. The lowest BCUT2D eigenvalue weighted by Crippen LogP contribution is -2.37. The molecule has 0 aliphatic heterocycles. The van der Waals surface area contributed by atoms with E-state index in [0.29, 0.717) is 12.1 Å². The molecule has 1 atom stereocenters. The van der Waals surface area contributed by atoms with Crippen LogP contribution in [-0.4, -0.2) is 18.5 Å². The van der Waals surface area contributed by atoms with Gasteiger partial charge in [-0.2, -0.15) is 8.42 Å². The Kier molecular flexibility index (Phi) is 4.80. The molecule has 6 heteroatoms. The molecule has 0 radical (unpaired) electrons. The molecule has 17 heavy (non-hydrogen) atoms. The summed E-state index contributed by atoms with van der Waals surface area (Å²) in [6.07, 6.45) is 0.455. The summed E-state index contributed by atoms with van der Waals surface area (Å²) in [6, 6.07) is 8.31. The van der Waals surface area contributed by atoms with Crippen molar-refractivity contribution in [1.82, 2.24) is 0 Å². The van der Waals surface area contributed by atoms with Crippen molar-refractivity contribution in [1.29, 1.82) is 0 Å². The number of alkyl halides is 1. The average molecular weight is 278 g/mol. The van der Waals surface area contributed by atoms with Crippen LogP contribution in [-0.2, 0) is 10.3 Å². The monoisotopic (exact) mass is 277 g/mol. The topological polar surface area (TPSA) is 57.6 Å². The Bertz CT molecular complexity index is 447. The van der Waals surface area contributed by atoms with E-state index >= 15 is 0 Å². The second-order valence-corrected chi connectivity index (χ2v) is 5.97. The van der Waals surface area contributed by atoms with Crippen molar-refractivity contribution in [3.8, 4) is 0 Å². The van der Waals surface area contributed by atoms with Gasteiger partial charge in [-0.1, -0.05) is 43.6 Å². The number of rotatable bonds is 5. The van der Waals surface area contributed by atoms with Crippen molar-refractivity contribution in [2.24, 2.45) is 5.92 Å². The number of halogens is 1. The molecule has 0 fully saturated rings. The highest BCUT2D eigenvalue weighted by molar-refractivity contribution is 7.87. The molecule has 1 unspecified atom stereocenters. The first kappa shape index (κ1) is 14.3. The lowest BCUT2D eigenvalue weighted by atomic mass is 10.1. The van der Waals surface area contributed by atoms with Crippen molar-refractivity contribution in [2.75, 3.05) is 4.31 Å². The van der Waals surface area contributed by atoms with Gasteiger partial charge in [0.15, 0.2) is 0 Å². The number of nitrogens with zero attached hydrogens (tertiary/aromatic N) is 1. The van der Waals surface area contributed by atoms with Gasteiger partial charge in [0.2, 0.25) is 0 Å². The largest absolute Gasteiger partial charge is 0.361 e. The Labute approximate surface area is 107 Å². The van der Waals surface area contributed by atoms with Crippen molar-refractivity contribution >= 4 is 27.6 Å². The second kappa shape index (κ2) is 5.71. The van der Waals surface area contributed by atoms with Gasteiger partial charge < -0.3 is 0 Å². The molecule has 0 amide bonds. The molecular weight excluding hydrogens is 262 g/mol. The predicted octanol–water partition coefficient (Wildman–Crippen LogP) is 2.91. The molecule has 1 aromatic carbocycles. The maximum atomic E-state index is 11.4. The SMILES string of the molecule is CC(C)CC(Cl)N(c1ccccc1)S(=O)(=O)O. The van der Waals surface area contributed by atoms with Crippen LogP contribution in [0, 0.1) is 5.92 Å². The number of hydrogen-bond donors (Lipinski definition) is 1. The number of anilines is 1.